The summed E-state index contributed by atoms with van der Waals surface area (Å²) >= 11 is 0. The molecular formula is C8H12O2. The second-order valence-electron chi connectivity index (χ2n) is 2.75. The molecule has 1 heterocycles. The Morgan fingerprint density at radius 2 is 2.10 bits per heavy atom. The number of hydrogen-bond acceptors (Lipinski definition) is 2. The molecule has 1 N–H and O–H groups in total. The van der Waals surface area contributed by atoms with E-state index in [4.69, 9.17) is 4.42 Å². The summed E-state index contributed by atoms with van der Waals surface area (Å²) in [5, 5.41) is 9.21. The molecule has 0 saturated carbocycles. The third kappa shape index (κ3) is 1.01. The van der Waals surface area contributed by atoms with Gasteiger partial charge in [-0.05, 0) is 12.8 Å². The van der Waals surface area contributed by atoms with Crippen molar-refractivity contribution < 1.29 is 9.52 Å². The van der Waals surface area contributed by atoms with Crippen molar-refractivity contribution >= 4 is 0 Å². The molecule has 0 aliphatic carbocycles. The predicted molar refractivity (Wildman–Crippen MR) is 39.2 cm³/mol. The Morgan fingerprint density at radius 3 is 2.30 bits per heavy atom. The lowest BCUT2D eigenvalue weighted by Crippen LogP contribution is -1.86. The smallest absolute Gasteiger partial charge is 0.157 e. The van der Waals surface area contributed by atoms with Crippen LogP contribution in [0.15, 0.2) is 10.7 Å². The van der Waals surface area contributed by atoms with Crippen molar-refractivity contribution in [1.29, 1.82) is 0 Å². The van der Waals surface area contributed by atoms with E-state index in [9.17, 15) is 5.11 Å². The average Bonchev–Trinajstić information content (AvgIpc) is 2.11. The quantitative estimate of drug-likeness (QED) is 0.649. The zero-order chi connectivity index (χ0) is 7.72. The fraction of sp³-hybridized carbons (Fsp3) is 0.500. The van der Waals surface area contributed by atoms with Crippen molar-refractivity contribution in [2.45, 2.75) is 26.7 Å². The van der Waals surface area contributed by atoms with Gasteiger partial charge in [-0.25, -0.2) is 0 Å². The summed E-state index contributed by atoms with van der Waals surface area (Å²) in [6, 6.07) is 0. The topological polar surface area (TPSA) is 33.4 Å². The molecule has 0 atom stereocenters. The number of rotatable bonds is 1. The summed E-state index contributed by atoms with van der Waals surface area (Å²) in [6.07, 6.45) is 1.38. The maximum absolute atomic E-state index is 9.21. The lowest BCUT2D eigenvalue weighted by atomic mass is 10.0. The Hall–Kier alpha value is -0.920. The monoisotopic (exact) mass is 140 g/mol. The van der Waals surface area contributed by atoms with Gasteiger partial charge in [-0.1, -0.05) is 13.8 Å². The molecule has 10 heavy (non-hydrogen) atoms. The van der Waals surface area contributed by atoms with Crippen LogP contribution in [0.3, 0.4) is 0 Å². The predicted octanol–water partition coefficient (Wildman–Crippen LogP) is 2.42. The molecule has 1 aromatic rings. The molecule has 0 bridgehead atoms. The van der Waals surface area contributed by atoms with E-state index in [2.05, 4.69) is 0 Å². The largest absolute Gasteiger partial charge is 0.504 e. The van der Waals surface area contributed by atoms with Crippen molar-refractivity contribution in [3.05, 3.63) is 17.6 Å². The zero-order valence-electron chi connectivity index (χ0n) is 6.51. The normalized spacial score (nSPS) is 10.8. The molecule has 0 amide bonds. The van der Waals surface area contributed by atoms with Crippen LogP contribution in [0.4, 0.5) is 0 Å². The first-order valence-corrected chi connectivity index (χ1v) is 3.40. The second kappa shape index (κ2) is 2.37. The molecule has 2 nitrogen and oxygen atoms in total. The van der Waals surface area contributed by atoms with Gasteiger partial charge in [-0.15, -0.1) is 0 Å². The first-order chi connectivity index (χ1) is 4.63. The Kier molecular flexibility index (Phi) is 1.70. The minimum atomic E-state index is 0.271. The fourth-order valence-corrected chi connectivity index (χ4v) is 1.15. The van der Waals surface area contributed by atoms with Gasteiger partial charge < -0.3 is 9.52 Å². The van der Waals surface area contributed by atoms with Crippen molar-refractivity contribution in [2.24, 2.45) is 0 Å². The van der Waals surface area contributed by atoms with Crippen LogP contribution in [-0.2, 0) is 0 Å². The van der Waals surface area contributed by atoms with Gasteiger partial charge in [0.1, 0.15) is 12.0 Å². The van der Waals surface area contributed by atoms with Crippen molar-refractivity contribution in [2.75, 3.05) is 0 Å². The number of aryl methyl sites for hydroxylation is 1. The maximum Gasteiger partial charge on any atom is 0.157 e. The summed E-state index contributed by atoms with van der Waals surface area (Å²) < 4.78 is 5.01. The highest BCUT2D eigenvalue weighted by Gasteiger charge is 2.11. The molecule has 0 radical (unpaired) electrons. The summed E-state index contributed by atoms with van der Waals surface area (Å²) in [6.45, 7) is 5.91. The van der Waals surface area contributed by atoms with Gasteiger partial charge in [0.15, 0.2) is 5.75 Å². The van der Waals surface area contributed by atoms with Crippen molar-refractivity contribution in [3.63, 3.8) is 0 Å². The molecule has 0 aliphatic heterocycles. The highest BCUT2D eigenvalue weighted by Crippen LogP contribution is 2.29. The van der Waals surface area contributed by atoms with Crippen LogP contribution >= 0.6 is 0 Å². The van der Waals surface area contributed by atoms with Gasteiger partial charge in [0.05, 0.1) is 0 Å². The number of hydrogen-bond donors (Lipinski definition) is 1. The summed E-state index contributed by atoms with van der Waals surface area (Å²) in [5.41, 5.74) is 0.917. The first kappa shape index (κ1) is 7.19. The lowest BCUT2D eigenvalue weighted by Gasteiger charge is -2.01. The molecule has 56 valence electrons. The average molecular weight is 140 g/mol. The van der Waals surface area contributed by atoms with Gasteiger partial charge in [-0.3, -0.25) is 0 Å². The minimum Gasteiger partial charge on any atom is -0.504 e. The highest BCUT2D eigenvalue weighted by molar-refractivity contribution is 5.34. The van der Waals surface area contributed by atoms with Crippen molar-refractivity contribution in [1.82, 2.24) is 0 Å². The van der Waals surface area contributed by atoms with E-state index >= 15 is 0 Å². The van der Waals surface area contributed by atoms with E-state index in [1.807, 2.05) is 20.8 Å². The minimum absolute atomic E-state index is 0.271. The van der Waals surface area contributed by atoms with Crippen LogP contribution in [-0.4, -0.2) is 5.11 Å². The molecular weight excluding hydrogens is 128 g/mol. The first-order valence-electron chi connectivity index (χ1n) is 3.40. The van der Waals surface area contributed by atoms with E-state index in [0.29, 0.717) is 5.92 Å². The third-order valence-corrected chi connectivity index (χ3v) is 1.58. The Labute approximate surface area is 60.5 Å². The number of furan rings is 1. The number of aromatic hydroxyl groups is 1. The third-order valence-electron chi connectivity index (χ3n) is 1.58. The summed E-state index contributed by atoms with van der Waals surface area (Å²) in [4.78, 5) is 0. The van der Waals surface area contributed by atoms with Gasteiger partial charge >= 0.3 is 0 Å². The summed E-state index contributed by atoms with van der Waals surface area (Å²) in [7, 11) is 0. The van der Waals surface area contributed by atoms with E-state index < -0.39 is 0 Å². The second-order valence-corrected chi connectivity index (χ2v) is 2.75. The Bertz CT molecular complexity index is 204. The SMILES string of the molecule is Cc1occ(O)c1C(C)C. The van der Waals surface area contributed by atoms with Crippen LogP contribution in [0.5, 0.6) is 5.75 Å². The van der Waals surface area contributed by atoms with E-state index in [-0.39, 0.29) is 5.75 Å². The summed E-state index contributed by atoms with van der Waals surface area (Å²) in [5.74, 6) is 1.42. The van der Waals surface area contributed by atoms with E-state index in [1.54, 1.807) is 0 Å². The van der Waals surface area contributed by atoms with Crippen molar-refractivity contribution in [3.8, 4) is 5.75 Å². The molecule has 0 unspecified atom stereocenters. The van der Waals surface area contributed by atoms with Crippen LogP contribution in [0.1, 0.15) is 31.1 Å². The van der Waals surface area contributed by atoms with Crippen LogP contribution < -0.4 is 0 Å². The molecule has 0 aromatic carbocycles. The van der Waals surface area contributed by atoms with Crippen LogP contribution in [0, 0.1) is 6.92 Å². The molecule has 1 aromatic heterocycles. The lowest BCUT2D eigenvalue weighted by molar-refractivity contribution is 0.452. The maximum atomic E-state index is 9.21. The standard InChI is InChI=1S/C8H12O2/c1-5(2)8-6(3)10-4-7(8)9/h4-5,9H,1-3H3. The van der Waals surface area contributed by atoms with E-state index in [0.717, 1.165) is 11.3 Å². The molecule has 0 spiro atoms. The van der Waals surface area contributed by atoms with Gasteiger partial charge in [0.25, 0.3) is 0 Å². The van der Waals surface area contributed by atoms with Gasteiger partial charge in [-0.2, -0.15) is 0 Å². The van der Waals surface area contributed by atoms with Gasteiger partial charge in [0, 0.05) is 5.56 Å². The molecule has 1 rings (SSSR count). The zero-order valence-corrected chi connectivity index (χ0v) is 6.51. The van der Waals surface area contributed by atoms with E-state index in [1.165, 1.54) is 6.26 Å². The van der Waals surface area contributed by atoms with Crippen LogP contribution in [0.2, 0.25) is 0 Å². The van der Waals surface area contributed by atoms with Crippen LogP contribution in [0.25, 0.3) is 0 Å². The Morgan fingerprint density at radius 1 is 1.50 bits per heavy atom. The highest BCUT2D eigenvalue weighted by atomic mass is 16.4. The molecule has 0 aliphatic rings. The Balaban J connectivity index is 3.10. The fourth-order valence-electron chi connectivity index (χ4n) is 1.15. The molecule has 2 heteroatoms. The van der Waals surface area contributed by atoms with Gasteiger partial charge in [0.2, 0.25) is 0 Å². The molecule has 0 fully saturated rings. The molecule has 0 saturated heterocycles.